The van der Waals surface area contributed by atoms with E-state index in [9.17, 15) is 17.6 Å². The molecule has 0 unspecified atom stereocenters. The molecule has 0 atom stereocenters. The molecule has 4 rings (SSSR count). The minimum atomic E-state index is -5.17. The second kappa shape index (κ2) is 13.9. The highest BCUT2D eigenvalue weighted by Gasteiger charge is 2.18. The Kier molecular flexibility index (Phi) is 11.7. The van der Waals surface area contributed by atoms with Gasteiger partial charge in [0.2, 0.25) is 0 Å². The highest BCUT2D eigenvalue weighted by Crippen LogP contribution is 2.34. The molecule has 212 valence electrons. The van der Waals surface area contributed by atoms with Crippen molar-refractivity contribution in [2.24, 2.45) is 0 Å². The van der Waals surface area contributed by atoms with Crippen molar-refractivity contribution in [2.45, 2.75) is 13.8 Å². The van der Waals surface area contributed by atoms with Gasteiger partial charge in [0.05, 0.1) is 20.9 Å². The van der Waals surface area contributed by atoms with Crippen molar-refractivity contribution in [3.63, 3.8) is 0 Å². The Labute approximate surface area is 239 Å². The Morgan fingerprint density at radius 2 is 0.872 bits per heavy atom. The SMILES string of the molecule is Cc1sc(=[N+](C)C)sc1-c1c(F)cccc1F.Cc1sc(=[N+](C)C)sc1-c1c(F)cccc1F.O=S(=O)([O-])[O-]. The number of rotatable bonds is 2. The molecule has 0 saturated carbocycles. The summed E-state index contributed by atoms with van der Waals surface area (Å²) in [4.78, 5) is 3.22. The Morgan fingerprint density at radius 1 is 0.615 bits per heavy atom. The van der Waals surface area contributed by atoms with Gasteiger partial charge in [0.15, 0.2) is 0 Å². The van der Waals surface area contributed by atoms with Gasteiger partial charge in [-0.3, -0.25) is 8.42 Å². The molecule has 0 radical (unpaired) electrons. The van der Waals surface area contributed by atoms with Crippen LogP contribution in [0.4, 0.5) is 17.6 Å². The van der Waals surface area contributed by atoms with Gasteiger partial charge in [-0.1, -0.05) is 57.5 Å². The van der Waals surface area contributed by atoms with Crippen molar-refractivity contribution in [3.05, 3.63) is 77.4 Å². The first-order valence-corrected chi connectivity index (χ1v) is 15.4. The first-order chi connectivity index (χ1) is 18.0. The van der Waals surface area contributed by atoms with Gasteiger partial charge < -0.3 is 9.11 Å². The average molecular weight is 641 g/mol. The van der Waals surface area contributed by atoms with Crippen LogP contribution in [-0.4, -0.2) is 45.7 Å². The number of hydrogen-bond donors (Lipinski definition) is 0. The first-order valence-electron chi connectivity index (χ1n) is 10.8. The lowest BCUT2D eigenvalue weighted by molar-refractivity contribution is 0.352. The summed E-state index contributed by atoms with van der Waals surface area (Å²) >= 11 is 5.92. The van der Waals surface area contributed by atoms with E-state index in [0.717, 1.165) is 17.7 Å². The maximum Gasteiger partial charge on any atom is 0.314 e. The smallest absolute Gasteiger partial charge is 0.314 e. The van der Waals surface area contributed by atoms with Crippen LogP contribution in [0.2, 0.25) is 0 Å². The van der Waals surface area contributed by atoms with Gasteiger partial charge in [0, 0.05) is 20.2 Å². The third-order valence-electron chi connectivity index (χ3n) is 4.61. The number of halogens is 4. The summed E-state index contributed by atoms with van der Waals surface area (Å²) in [7, 11) is 2.51. The van der Waals surface area contributed by atoms with Crippen LogP contribution in [0.5, 0.6) is 0 Å². The molecule has 0 aliphatic heterocycles. The van der Waals surface area contributed by atoms with Crippen molar-refractivity contribution in [3.8, 4) is 20.9 Å². The Morgan fingerprint density at radius 3 is 1.08 bits per heavy atom. The number of hydrogen-bond acceptors (Lipinski definition) is 8. The summed E-state index contributed by atoms with van der Waals surface area (Å²) in [6, 6.07) is 7.92. The molecule has 0 saturated heterocycles. The van der Waals surface area contributed by atoms with E-state index in [0.29, 0.717) is 9.75 Å². The van der Waals surface area contributed by atoms with Crippen LogP contribution in [0.25, 0.3) is 20.9 Å². The minimum Gasteiger partial charge on any atom is -0.759 e. The average Bonchev–Trinajstić information content (AvgIpc) is 3.36. The van der Waals surface area contributed by atoms with Gasteiger partial charge in [-0.05, 0) is 38.1 Å². The molecule has 0 N–H and O–H groups in total. The van der Waals surface area contributed by atoms with Gasteiger partial charge in [0.1, 0.15) is 51.5 Å². The Hall–Kier alpha value is -2.27. The second-order valence-electron chi connectivity index (χ2n) is 8.10. The second-order valence-corrected chi connectivity index (χ2v) is 13.8. The van der Waals surface area contributed by atoms with Crippen molar-refractivity contribution in [1.82, 2.24) is 9.15 Å². The van der Waals surface area contributed by atoms with Crippen molar-refractivity contribution in [1.29, 1.82) is 0 Å². The molecular formula is C24H24F4N2O4S5. The number of nitrogens with zero attached hydrogens (tertiary/aromatic N) is 2. The van der Waals surface area contributed by atoms with E-state index in [1.54, 1.807) is 22.7 Å². The third-order valence-corrected chi connectivity index (χ3v) is 10.5. The molecular weight excluding hydrogens is 617 g/mol. The van der Waals surface area contributed by atoms with Gasteiger partial charge in [-0.2, -0.15) is 0 Å². The molecule has 2 heterocycles. The largest absolute Gasteiger partial charge is 0.759 e. The van der Waals surface area contributed by atoms with E-state index in [1.807, 2.05) is 51.2 Å². The number of aryl methyl sites for hydroxylation is 2. The van der Waals surface area contributed by atoms with Gasteiger partial charge >= 0.3 is 7.97 Å². The molecule has 0 spiro atoms. The predicted molar refractivity (Wildman–Crippen MR) is 149 cm³/mol. The van der Waals surface area contributed by atoms with Gasteiger partial charge in [-0.25, -0.2) is 26.7 Å². The highest BCUT2D eigenvalue weighted by atomic mass is 32.3. The molecule has 15 heteroatoms. The lowest BCUT2D eigenvalue weighted by atomic mass is 10.1. The fourth-order valence-corrected chi connectivity index (χ4v) is 7.92. The lowest BCUT2D eigenvalue weighted by Gasteiger charge is -2.06. The van der Waals surface area contributed by atoms with E-state index in [-0.39, 0.29) is 11.1 Å². The molecule has 6 nitrogen and oxygen atoms in total. The van der Waals surface area contributed by atoms with Crippen molar-refractivity contribution in [2.75, 3.05) is 28.2 Å². The molecule has 0 fully saturated rings. The standard InChI is InChI=1S/2C12H12F2NS2.H2O4S/c2*1-7-11(17-12(16-7)15(2)3)10-8(13)5-4-6-9(10)14;1-5(2,3)4/h2*4-6H,1-3H3;(H2,1,2,3,4)/q2*+1;/p-2. The van der Waals surface area contributed by atoms with Crippen LogP contribution in [-0.2, 0) is 10.4 Å². The molecule has 4 aromatic rings. The topological polar surface area (TPSA) is 86.3 Å². The van der Waals surface area contributed by atoms with Crippen LogP contribution >= 0.6 is 45.3 Å². The normalized spacial score (nSPS) is 10.8. The fourth-order valence-electron chi connectivity index (χ4n) is 2.96. The van der Waals surface area contributed by atoms with Crippen LogP contribution in [0, 0.1) is 37.1 Å². The summed E-state index contributed by atoms with van der Waals surface area (Å²) in [5.41, 5.74) is 0.165. The van der Waals surface area contributed by atoms with Crippen LogP contribution in [0.15, 0.2) is 36.4 Å². The van der Waals surface area contributed by atoms with E-state index in [4.69, 9.17) is 17.5 Å². The molecule has 39 heavy (non-hydrogen) atoms. The molecule has 0 aliphatic rings. The maximum atomic E-state index is 13.7. The zero-order valence-electron chi connectivity index (χ0n) is 21.5. The van der Waals surface area contributed by atoms with E-state index < -0.39 is 33.7 Å². The summed E-state index contributed by atoms with van der Waals surface area (Å²) in [5.74, 6) is -2.03. The molecule has 2 aromatic heterocycles. The quantitative estimate of drug-likeness (QED) is 0.136. The molecule has 2 aromatic carbocycles. The summed E-state index contributed by atoms with van der Waals surface area (Å²) in [6.07, 6.45) is 0. The lowest BCUT2D eigenvalue weighted by Crippen LogP contribution is -2.14. The van der Waals surface area contributed by atoms with E-state index in [2.05, 4.69) is 0 Å². The minimum absolute atomic E-state index is 0.0827. The van der Waals surface area contributed by atoms with Crippen molar-refractivity contribution >= 4 is 55.7 Å². The Bertz CT molecular complexity index is 1550. The summed E-state index contributed by atoms with van der Waals surface area (Å²) < 4.78 is 94.8. The maximum absolute atomic E-state index is 13.7. The van der Waals surface area contributed by atoms with Crippen LogP contribution < -0.4 is 17.1 Å². The molecule has 0 amide bonds. The zero-order chi connectivity index (χ0) is 29.7. The predicted octanol–water partition coefficient (Wildman–Crippen LogP) is 4.85. The Balaban J connectivity index is 0.000000234. The van der Waals surface area contributed by atoms with Crippen LogP contribution in [0.1, 0.15) is 9.75 Å². The molecule has 0 aliphatic carbocycles. The summed E-state index contributed by atoms with van der Waals surface area (Å²) in [6.45, 7) is 3.77. The summed E-state index contributed by atoms with van der Waals surface area (Å²) in [5, 5.41) is 0. The monoisotopic (exact) mass is 640 g/mol. The molecule has 0 bridgehead atoms. The van der Waals surface area contributed by atoms with Gasteiger partial charge in [-0.15, -0.1) is 0 Å². The van der Waals surface area contributed by atoms with Gasteiger partial charge in [0.25, 0.3) is 0 Å². The van der Waals surface area contributed by atoms with Crippen LogP contribution in [0.3, 0.4) is 0 Å². The third kappa shape index (κ3) is 9.41. The van der Waals surface area contributed by atoms with E-state index >= 15 is 0 Å². The highest BCUT2D eigenvalue weighted by molar-refractivity contribution is 7.79. The first kappa shape index (κ1) is 32.9. The fraction of sp³-hybridized carbons (Fsp3) is 0.250. The van der Waals surface area contributed by atoms with Crippen molar-refractivity contribution < 1.29 is 35.1 Å². The number of benzene rings is 2. The zero-order valence-corrected chi connectivity index (χ0v) is 25.6. The van der Waals surface area contributed by atoms with E-state index in [1.165, 1.54) is 59.1 Å².